The lowest BCUT2D eigenvalue weighted by molar-refractivity contribution is -0.136. The van der Waals surface area contributed by atoms with Crippen molar-refractivity contribution in [1.82, 2.24) is 10.9 Å². The molecule has 2 saturated carbocycles. The molecule has 0 heterocycles. The van der Waals surface area contributed by atoms with Gasteiger partial charge in [-0.25, -0.2) is 0 Å². The van der Waals surface area contributed by atoms with Crippen LogP contribution in [0.5, 0.6) is 0 Å². The summed E-state index contributed by atoms with van der Waals surface area (Å²) in [6.45, 7) is 5.90. The van der Waals surface area contributed by atoms with Gasteiger partial charge in [-0.15, -0.1) is 0 Å². The number of carbonyl (C=O) groups excluding carboxylic acids is 3. The van der Waals surface area contributed by atoms with E-state index in [1.165, 1.54) is 0 Å². The van der Waals surface area contributed by atoms with E-state index in [9.17, 15) is 14.4 Å². The van der Waals surface area contributed by atoms with Crippen LogP contribution in [-0.4, -0.2) is 22.4 Å². The number of benzene rings is 2. The molecule has 0 aromatic heterocycles. The third kappa shape index (κ3) is 2.21. The minimum absolute atomic E-state index is 0.0688. The fourth-order valence-corrected chi connectivity index (χ4v) is 6.69. The smallest absolute Gasteiger partial charge is 0.270 e. The molecular weight excluding hydrogens is 420 g/mol. The van der Waals surface area contributed by atoms with Gasteiger partial charge in [0.05, 0.1) is 10.2 Å². The van der Waals surface area contributed by atoms with Crippen molar-refractivity contribution in [3.63, 3.8) is 0 Å². The quantitative estimate of drug-likeness (QED) is 0.548. The van der Waals surface area contributed by atoms with Crippen LogP contribution in [0.15, 0.2) is 42.5 Å². The molecule has 6 heteroatoms. The van der Waals surface area contributed by atoms with Gasteiger partial charge in [0, 0.05) is 11.0 Å². The van der Waals surface area contributed by atoms with Crippen molar-refractivity contribution in [1.29, 1.82) is 0 Å². The minimum Gasteiger partial charge on any atom is -0.298 e. The van der Waals surface area contributed by atoms with Crippen molar-refractivity contribution >= 4 is 44.3 Å². The average molecular weight is 443 g/mol. The van der Waals surface area contributed by atoms with E-state index < -0.39 is 21.1 Å². The summed E-state index contributed by atoms with van der Waals surface area (Å²) in [7, 11) is 0. The Morgan fingerprint density at radius 3 is 2.36 bits per heavy atom. The van der Waals surface area contributed by atoms with E-state index >= 15 is 0 Å². The summed E-state index contributed by atoms with van der Waals surface area (Å²) in [5.41, 5.74) is 3.72. The molecule has 0 saturated heterocycles. The monoisotopic (exact) mass is 442 g/mol. The average Bonchev–Trinajstić information content (AvgIpc) is 2.97. The van der Waals surface area contributed by atoms with Gasteiger partial charge >= 0.3 is 0 Å². The minimum atomic E-state index is -0.884. The van der Waals surface area contributed by atoms with Gasteiger partial charge < -0.3 is 0 Å². The van der Waals surface area contributed by atoms with Gasteiger partial charge in [-0.1, -0.05) is 73.1 Å². The highest BCUT2D eigenvalue weighted by Crippen LogP contribution is 2.72. The number of hydrogen-bond donors (Lipinski definition) is 2. The summed E-state index contributed by atoms with van der Waals surface area (Å²) in [4.78, 5) is 38.2. The lowest BCUT2D eigenvalue weighted by Crippen LogP contribution is -2.55. The Balaban J connectivity index is 1.58. The molecule has 4 rings (SSSR count). The Morgan fingerprint density at radius 2 is 1.68 bits per heavy atom. The Morgan fingerprint density at radius 1 is 1.00 bits per heavy atom. The van der Waals surface area contributed by atoms with Gasteiger partial charge in [-0.2, -0.15) is 0 Å². The summed E-state index contributed by atoms with van der Waals surface area (Å²) in [5, 5.41) is 1.77. The van der Waals surface area contributed by atoms with Crippen molar-refractivity contribution in [2.24, 2.45) is 16.2 Å². The number of fused-ring (bicyclic) bond motifs is 3. The number of hydrazine groups is 1. The maximum Gasteiger partial charge on any atom is 0.270 e. The standard InChI is InChI=1S/C22H23BrN2O3/c1-20(2)21(3)11-12-22(20,16(23)17(21)26)19(28)25-24-18(27)15-10-6-8-13-7-4-5-9-14(13)15/h4-10,16H,11-12H2,1-3H3,(H,24,27)(H,25,28). The highest BCUT2D eigenvalue weighted by molar-refractivity contribution is 9.10. The molecule has 2 bridgehead atoms. The molecule has 0 spiro atoms. The molecule has 146 valence electrons. The summed E-state index contributed by atoms with van der Waals surface area (Å²) < 4.78 is 0. The number of rotatable bonds is 2. The van der Waals surface area contributed by atoms with Crippen LogP contribution >= 0.6 is 15.9 Å². The lowest BCUT2D eigenvalue weighted by Gasteiger charge is -2.39. The van der Waals surface area contributed by atoms with Crippen LogP contribution < -0.4 is 10.9 Å². The number of carbonyl (C=O) groups is 3. The maximum absolute atomic E-state index is 13.2. The molecule has 2 aliphatic carbocycles. The second-order valence-electron chi connectivity index (χ2n) is 8.59. The fraction of sp³-hybridized carbons (Fsp3) is 0.409. The summed E-state index contributed by atoms with van der Waals surface area (Å²) in [5.74, 6) is -0.627. The Hall–Kier alpha value is -2.21. The second-order valence-corrected chi connectivity index (χ2v) is 9.51. The van der Waals surface area contributed by atoms with Crippen LogP contribution in [0, 0.1) is 16.2 Å². The molecule has 2 N–H and O–H groups in total. The highest BCUT2D eigenvalue weighted by atomic mass is 79.9. The van der Waals surface area contributed by atoms with Gasteiger partial charge in [0.2, 0.25) is 5.91 Å². The van der Waals surface area contributed by atoms with Crippen LogP contribution in [0.1, 0.15) is 44.0 Å². The maximum atomic E-state index is 13.2. The highest BCUT2D eigenvalue weighted by Gasteiger charge is 2.76. The molecule has 2 amide bonds. The number of alkyl halides is 1. The van der Waals surface area contributed by atoms with E-state index in [0.717, 1.165) is 10.8 Å². The molecule has 28 heavy (non-hydrogen) atoms. The van der Waals surface area contributed by atoms with E-state index in [0.29, 0.717) is 18.4 Å². The first kappa shape index (κ1) is 19.1. The predicted molar refractivity (Wildman–Crippen MR) is 111 cm³/mol. The number of amides is 2. The largest absolute Gasteiger partial charge is 0.298 e. The number of Topliss-reactive ketones (excluding diaryl/α,β-unsaturated/α-hetero) is 1. The number of hydrogen-bond acceptors (Lipinski definition) is 3. The molecule has 2 aromatic rings. The molecule has 3 atom stereocenters. The van der Waals surface area contributed by atoms with Crippen LogP contribution in [0.2, 0.25) is 0 Å². The Labute approximate surface area is 172 Å². The molecule has 0 aliphatic heterocycles. The zero-order valence-electron chi connectivity index (χ0n) is 16.1. The SMILES string of the molecule is CC12CCC(C(=O)NNC(=O)c3cccc4ccccc34)(C(Br)C1=O)C2(C)C. The molecule has 2 fully saturated rings. The van der Waals surface area contributed by atoms with Crippen LogP contribution in [0.4, 0.5) is 0 Å². The normalized spacial score (nSPS) is 30.4. The van der Waals surface area contributed by atoms with Gasteiger partial charge in [0.25, 0.3) is 5.91 Å². The third-order valence-corrected chi connectivity index (χ3v) is 8.65. The lowest BCUT2D eigenvalue weighted by atomic mass is 9.64. The van der Waals surface area contributed by atoms with Crippen LogP contribution in [0.3, 0.4) is 0 Å². The number of nitrogens with one attached hydrogen (secondary N) is 2. The van der Waals surface area contributed by atoms with Crippen molar-refractivity contribution < 1.29 is 14.4 Å². The van der Waals surface area contributed by atoms with E-state index in [1.54, 1.807) is 6.07 Å². The van der Waals surface area contributed by atoms with E-state index in [1.807, 2.05) is 57.2 Å². The molecule has 0 radical (unpaired) electrons. The molecule has 2 aromatic carbocycles. The van der Waals surface area contributed by atoms with Gasteiger partial charge in [0.15, 0.2) is 5.78 Å². The van der Waals surface area contributed by atoms with Gasteiger partial charge in [-0.3, -0.25) is 25.2 Å². The number of ketones is 1. The summed E-state index contributed by atoms with van der Waals surface area (Å²) in [6.07, 6.45) is 1.28. The Bertz CT molecular complexity index is 1010. The molecule has 2 aliphatic rings. The van der Waals surface area contributed by atoms with Crippen LogP contribution in [-0.2, 0) is 9.59 Å². The third-order valence-electron chi connectivity index (χ3n) is 7.45. The molecular formula is C22H23BrN2O3. The van der Waals surface area contributed by atoms with E-state index in [-0.39, 0.29) is 17.6 Å². The second kappa shape index (κ2) is 6.14. The zero-order valence-corrected chi connectivity index (χ0v) is 17.7. The summed E-state index contributed by atoms with van der Waals surface area (Å²) in [6, 6.07) is 13.1. The van der Waals surface area contributed by atoms with E-state index in [2.05, 4.69) is 26.8 Å². The van der Waals surface area contributed by atoms with Crippen molar-refractivity contribution in [3.8, 4) is 0 Å². The van der Waals surface area contributed by atoms with Crippen molar-refractivity contribution in [2.75, 3.05) is 0 Å². The van der Waals surface area contributed by atoms with Crippen molar-refractivity contribution in [3.05, 3.63) is 48.0 Å². The zero-order chi connectivity index (χ0) is 20.3. The first-order valence-corrected chi connectivity index (χ1v) is 10.4. The van der Waals surface area contributed by atoms with E-state index in [4.69, 9.17) is 0 Å². The Kier molecular flexibility index (Phi) is 4.20. The van der Waals surface area contributed by atoms with Gasteiger partial charge in [-0.05, 0) is 35.1 Å². The molecule has 5 nitrogen and oxygen atoms in total. The van der Waals surface area contributed by atoms with Crippen molar-refractivity contribution in [2.45, 2.75) is 38.4 Å². The molecule has 3 unspecified atom stereocenters. The van der Waals surface area contributed by atoms with Gasteiger partial charge in [0.1, 0.15) is 0 Å². The topological polar surface area (TPSA) is 75.3 Å². The predicted octanol–water partition coefficient (Wildman–Crippen LogP) is 3.76. The fourth-order valence-electron chi connectivity index (χ4n) is 5.17. The van der Waals surface area contributed by atoms with Crippen LogP contribution in [0.25, 0.3) is 10.8 Å². The number of halogens is 1. The first-order chi connectivity index (χ1) is 13.2. The first-order valence-electron chi connectivity index (χ1n) is 9.44. The summed E-state index contributed by atoms with van der Waals surface area (Å²) >= 11 is 3.49.